The molecule has 0 fully saturated rings. The van der Waals surface area contributed by atoms with E-state index >= 15 is 0 Å². The van der Waals surface area contributed by atoms with Crippen molar-refractivity contribution in [1.82, 2.24) is 0 Å². The topological polar surface area (TPSA) is 26.0 Å². The average Bonchev–Trinajstić information content (AvgIpc) is 2.11. The number of halogens is 3. The molecule has 1 atom stereocenters. The lowest BCUT2D eigenvalue weighted by Gasteiger charge is -2.11. The second kappa shape index (κ2) is 6.52. The quantitative estimate of drug-likeness (QED) is 0.875. The summed E-state index contributed by atoms with van der Waals surface area (Å²) in [6.07, 6.45) is 1.68. The number of hydrogen-bond acceptors (Lipinski definition) is 1. The molecule has 2 N–H and O–H groups in total. The molecule has 1 nitrogen and oxygen atoms in total. The highest BCUT2D eigenvalue weighted by Crippen LogP contribution is 2.25. The molecule has 0 aliphatic carbocycles. The van der Waals surface area contributed by atoms with Crippen LogP contribution in [0.25, 0.3) is 0 Å². The van der Waals surface area contributed by atoms with E-state index in [1.165, 1.54) is 0 Å². The summed E-state index contributed by atoms with van der Waals surface area (Å²) in [4.78, 5) is 0. The van der Waals surface area contributed by atoms with Gasteiger partial charge in [0.05, 0.1) is 0 Å². The van der Waals surface area contributed by atoms with E-state index in [2.05, 4.69) is 6.92 Å². The van der Waals surface area contributed by atoms with Crippen molar-refractivity contribution in [3.63, 3.8) is 0 Å². The van der Waals surface area contributed by atoms with E-state index in [0.29, 0.717) is 10.0 Å². The van der Waals surface area contributed by atoms with Crippen molar-refractivity contribution >= 4 is 35.6 Å². The summed E-state index contributed by atoms with van der Waals surface area (Å²) in [5, 5.41) is 1.41. The van der Waals surface area contributed by atoms with Gasteiger partial charge in [0.2, 0.25) is 0 Å². The lowest BCUT2D eigenvalue weighted by molar-refractivity contribution is 0.646. The molecule has 1 unspecified atom stereocenters. The Morgan fingerprint density at radius 1 is 1.29 bits per heavy atom. The van der Waals surface area contributed by atoms with Crippen LogP contribution in [-0.2, 0) is 6.42 Å². The van der Waals surface area contributed by atoms with Crippen molar-refractivity contribution in [3.05, 3.63) is 33.8 Å². The van der Waals surface area contributed by atoms with Crippen LogP contribution in [0.2, 0.25) is 10.0 Å². The van der Waals surface area contributed by atoms with Gasteiger partial charge in [-0.15, -0.1) is 12.4 Å². The lowest BCUT2D eigenvalue weighted by Crippen LogP contribution is -2.21. The maximum Gasteiger partial charge on any atom is 0.0453 e. The van der Waals surface area contributed by atoms with Gasteiger partial charge < -0.3 is 5.73 Å². The molecule has 0 saturated heterocycles. The molecule has 80 valence electrons. The third-order valence-electron chi connectivity index (χ3n) is 2.05. The first kappa shape index (κ1) is 14.1. The highest BCUT2D eigenvalue weighted by atomic mass is 35.5. The minimum absolute atomic E-state index is 0. The molecule has 1 aromatic carbocycles. The number of nitrogens with two attached hydrogens (primary N) is 1. The van der Waals surface area contributed by atoms with Crippen molar-refractivity contribution in [3.8, 4) is 0 Å². The molecular formula is C10H14Cl3N. The van der Waals surface area contributed by atoms with Crippen LogP contribution in [0.15, 0.2) is 18.2 Å². The van der Waals surface area contributed by atoms with E-state index in [-0.39, 0.29) is 18.4 Å². The summed E-state index contributed by atoms with van der Waals surface area (Å²) in [5.74, 6) is 0. The number of hydrogen-bond donors (Lipinski definition) is 1. The average molecular weight is 255 g/mol. The van der Waals surface area contributed by atoms with E-state index in [4.69, 9.17) is 28.9 Å². The molecule has 14 heavy (non-hydrogen) atoms. The molecule has 0 amide bonds. The normalized spacial score (nSPS) is 12.0. The molecule has 0 heterocycles. The van der Waals surface area contributed by atoms with Crippen LogP contribution in [0.5, 0.6) is 0 Å². The molecule has 0 saturated carbocycles. The van der Waals surface area contributed by atoms with Crippen LogP contribution in [0.4, 0.5) is 0 Å². The van der Waals surface area contributed by atoms with Crippen LogP contribution in [0, 0.1) is 0 Å². The van der Waals surface area contributed by atoms with Crippen LogP contribution in [0.3, 0.4) is 0 Å². The van der Waals surface area contributed by atoms with Gasteiger partial charge in [0.15, 0.2) is 0 Å². The van der Waals surface area contributed by atoms with Gasteiger partial charge in [-0.05, 0) is 30.5 Å². The van der Waals surface area contributed by atoms with Crippen molar-refractivity contribution in [2.45, 2.75) is 25.8 Å². The van der Waals surface area contributed by atoms with Crippen molar-refractivity contribution < 1.29 is 0 Å². The van der Waals surface area contributed by atoms with Gasteiger partial charge in [-0.3, -0.25) is 0 Å². The van der Waals surface area contributed by atoms with Crippen LogP contribution < -0.4 is 5.73 Å². The zero-order chi connectivity index (χ0) is 9.84. The Morgan fingerprint density at radius 3 is 2.21 bits per heavy atom. The molecule has 1 aromatic rings. The zero-order valence-corrected chi connectivity index (χ0v) is 10.3. The summed E-state index contributed by atoms with van der Waals surface area (Å²) in [7, 11) is 0. The van der Waals surface area contributed by atoms with E-state index in [0.717, 1.165) is 18.4 Å². The summed E-state index contributed by atoms with van der Waals surface area (Å²) >= 11 is 12.0. The Labute approximate surface area is 101 Å². The van der Waals surface area contributed by atoms with Gasteiger partial charge in [-0.1, -0.05) is 36.2 Å². The van der Waals surface area contributed by atoms with Gasteiger partial charge in [0.25, 0.3) is 0 Å². The minimum atomic E-state index is 0. The van der Waals surface area contributed by atoms with E-state index in [1.54, 1.807) is 0 Å². The summed E-state index contributed by atoms with van der Waals surface area (Å²) in [6, 6.07) is 5.65. The Morgan fingerprint density at radius 2 is 1.79 bits per heavy atom. The van der Waals surface area contributed by atoms with Crippen LogP contribution in [0.1, 0.15) is 18.9 Å². The molecule has 0 aromatic heterocycles. The summed E-state index contributed by atoms with van der Waals surface area (Å²) in [5.41, 5.74) is 6.78. The molecule has 1 rings (SSSR count). The predicted molar refractivity (Wildman–Crippen MR) is 65.7 cm³/mol. The van der Waals surface area contributed by atoms with Crippen LogP contribution in [-0.4, -0.2) is 6.04 Å². The maximum absolute atomic E-state index is 5.99. The lowest BCUT2D eigenvalue weighted by atomic mass is 10.0. The van der Waals surface area contributed by atoms with Gasteiger partial charge in [0, 0.05) is 16.1 Å². The van der Waals surface area contributed by atoms with E-state index < -0.39 is 0 Å². The Hall–Kier alpha value is 0.0500. The second-order valence-corrected chi connectivity index (χ2v) is 3.89. The first-order valence-electron chi connectivity index (χ1n) is 4.33. The highest BCUT2D eigenvalue weighted by molar-refractivity contribution is 6.35. The third kappa shape index (κ3) is 3.66. The molecule has 0 radical (unpaired) electrons. The Bertz CT molecular complexity index is 268. The fourth-order valence-corrected chi connectivity index (χ4v) is 1.69. The first-order chi connectivity index (χ1) is 6.15. The second-order valence-electron chi connectivity index (χ2n) is 3.07. The molecule has 0 aliphatic rings. The largest absolute Gasteiger partial charge is 0.327 e. The zero-order valence-electron chi connectivity index (χ0n) is 7.97. The summed E-state index contributed by atoms with van der Waals surface area (Å²) in [6.45, 7) is 2.05. The standard InChI is InChI=1S/C10H13Cl2N.ClH/c1-2-7(13)6-8-9(11)4-3-5-10(8)12;/h3-5,7H,2,6,13H2,1H3;1H. The van der Waals surface area contributed by atoms with Crippen molar-refractivity contribution in [1.29, 1.82) is 0 Å². The van der Waals surface area contributed by atoms with E-state index in [9.17, 15) is 0 Å². The fraction of sp³-hybridized carbons (Fsp3) is 0.400. The molecule has 0 spiro atoms. The third-order valence-corrected chi connectivity index (χ3v) is 2.76. The smallest absolute Gasteiger partial charge is 0.0453 e. The van der Waals surface area contributed by atoms with Gasteiger partial charge in [-0.2, -0.15) is 0 Å². The first-order valence-corrected chi connectivity index (χ1v) is 5.09. The number of rotatable bonds is 3. The molecule has 0 bridgehead atoms. The predicted octanol–water partition coefficient (Wildman–Crippen LogP) is 3.70. The van der Waals surface area contributed by atoms with Crippen molar-refractivity contribution in [2.24, 2.45) is 5.73 Å². The fourth-order valence-electron chi connectivity index (χ4n) is 1.13. The van der Waals surface area contributed by atoms with Crippen LogP contribution >= 0.6 is 35.6 Å². The maximum atomic E-state index is 5.99. The van der Waals surface area contributed by atoms with E-state index in [1.807, 2.05) is 18.2 Å². The molecule has 4 heteroatoms. The minimum Gasteiger partial charge on any atom is -0.327 e. The summed E-state index contributed by atoms with van der Waals surface area (Å²) < 4.78 is 0. The van der Waals surface area contributed by atoms with Gasteiger partial charge in [-0.25, -0.2) is 0 Å². The SMILES string of the molecule is CCC(N)Cc1c(Cl)cccc1Cl.Cl. The molecular weight excluding hydrogens is 240 g/mol. The van der Waals surface area contributed by atoms with Gasteiger partial charge >= 0.3 is 0 Å². The Kier molecular flexibility index (Phi) is 6.54. The highest BCUT2D eigenvalue weighted by Gasteiger charge is 2.08. The Balaban J connectivity index is 0.00000169. The van der Waals surface area contributed by atoms with Crippen molar-refractivity contribution in [2.75, 3.05) is 0 Å². The monoisotopic (exact) mass is 253 g/mol. The van der Waals surface area contributed by atoms with Gasteiger partial charge in [0.1, 0.15) is 0 Å². The molecule has 0 aliphatic heterocycles. The number of benzene rings is 1.